The van der Waals surface area contributed by atoms with Gasteiger partial charge in [-0.2, -0.15) is 0 Å². The van der Waals surface area contributed by atoms with Gasteiger partial charge in [-0.3, -0.25) is 9.88 Å². The van der Waals surface area contributed by atoms with Gasteiger partial charge in [-0.25, -0.2) is 0 Å². The number of alkyl halides is 1. The topological polar surface area (TPSA) is 16.1 Å². The Morgan fingerprint density at radius 1 is 1.25 bits per heavy atom. The molecule has 1 aromatic carbocycles. The first-order chi connectivity index (χ1) is 9.76. The summed E-state index contributed by atoms with van der Waals surface area (Å²) in [6.45, 7) is 5.57. The number of hydrogen-bond donors (Lipinski definition) is 0. The molecule has 0 N–H and O–H groups in total. The maximum atomic E-state index is 4.63. The van der Waals surface area contributed by atoms with E-state index in [1.807, 2.05) is 0 Å². The average molecular weight is 333 g/mol. The van der Waals surface area contributed by atoms with Crippen LogP contribution in [0.4, 0.5) is 0 Å². The van der Waals surface area contributed by atoms with Crippen LogP contribution < -0.4 is 0 Å². The van der Waals surface area contributed by atoms with Crippen LogP contribution in [0.2, 0.25) is 0 Å². The van der Waals surface area contributed by atoms with Gasteiger partial charge < -0.3 is 0 Å². The van der Waals surface area contributed by atoms with Gasteiger partial charge in [0.25, 0.3) is 0 Å². The Morgan fingerprint density at radius 2 is 2.00 bits per heavy atom. The van der Waals surface area contributed by atoms with E-state index in [2.05, 4.69) is 63.1 Å². The summed E-state index contributed by atoms with van der Waals surface area (Å²) in [5.74, 6) is 0.863. The number of hydrogen-bond acceptors (Lipinski definition) is 2. The van der Waals surface area contributed by atoms with Crippen LogP contribution in [0.3, 0.4) is 0 Å². The summed E-state index contributed by atoms with van der Waals surface area (Å²) in [5, 5.41) is 2.46. The van der Waals surface area contributed by atoms with Crippen molar-refractivity contribution >= 4 is 26.8 Å². The van der Waals surface area contributed by atoms with Gasteiger partial charge in [0.15, 0.2) is 0 Å². The van der Waals surface area contributed by atoms with Crippen molar-refractivity contribution in [2.45, 2.75) is 26.3 Å². The molecule has 106 valence electrons. The van der Waals surface area contributed by atoms with E-state index >= 15 is 0 Å². The zero-order valence-electron chi connectivity index (χ0n) is 12.0. The van der Waals surface area contributed by atoms with E-state index in [-0.39, 0.29) is 0 Å². The number of pyridine rings is 1. The maximum absolute atomic E-state index is 4.63. The fourth-order valence-corrected chi connectivity index (χ4v) is 3.71. The van der Waals surface area contributed by atoms with E-state index in [1.54, 1.807) is 0 Å². The first-order valence-electron chi connectivity index (χ1n) is 7.40. The van der Waals surface area contributed by atoms with Crippen LogP contribution in [0.15, 0.2) is 30.3 Å². The fraction of sp³-hybridized carbons (Fsp3) is 0.471. The predicted octanol–water partition coefficient (Wildman–Crippen LogP) is 4.15. The van der Waals surface area contributed by atoms with Crippen LogP contribution in [-0.4, -0.2) is 28.3 Å². The van der Waals surface area contributed by atoms with Crippen molar-refractivity contribution in [2.75, 3.05) is 18.4 Å². The van der Waals surface area contributed by atoms with E-state index in [4.69, 9.17) is 0 Å². The van der Waals surface area contributed by atoms with E-state index < -0.39 is 0 Å². The first kappa shape index (κ1) is 14.0. The Bertz CT molecular complexity index is 589. The molecule has 0 amide bonds. The fourth-order valence-electron chi connectivity index (χ4n) is 3.07. The number of benzene rings is 1. The molecule has 0 atom stereocenters. The van der Waals surface area contributed by atoms with Gasteiger partial charge in [0.05, 0.1) is 5.52 Å². The zero-order chi connectivity index (χ0) is 13.9. The largest absolute Gasteiger partial charge is 0.299 e. The molecule has 1 aliphatic heterocycles. The second kappa shape index (κ2) is 6.23. The molecule has 0 unspecified atom stereocenters. The molecule has 0 bridgehead atoms. The summed E-state index contributed by atoms with van der Waals surface area (Å²) in [4.78, 5) is 7.21. The van der Waals surface area contributed by atoms with Gasteiger partial charge in [0, 0.05) is 23.0 Å². The Balaban J connectivity index is 1.81. The lowest BCUT2D eigenvalue weighted by Crippen LogP contribution is -2.33. The predicted molar refractivity (Wildman–Crippen MR) is 88.3 cm³/mol. The molecule has 1 aliphatic rings. The molecular weight excluding hydrogens is 312 g/mol. The Labute approximate surface area is 129 Å². The SMILES string of the molecule is Cc1cc(CN2CCC(CBr)CC2)c2ccccc2n1. The third kappa shape index (κ3) is 3.04. The standard InChI is InChI=1S/C17H21BrN2/c1-13-10-15(16-4-2-3-5-17(16)19-13)12-20-8-6-14(11-18)7-9-20/h2-5,10,14H,6-9,11-12H2,1H3. The summed E-state index contributed by atoms with van der Waals surface area (Å²) in [5.41, 5.74) is 3.66. The molecule has 2 aromatic rings. The van der Waals surface area contributed by atoms with E-state index in [1.165, 1.54) is 36.9 Å². The number of nitrogens with zero attached hydrogens (tertiary/aromatic N) is 2. The lowest BCUT2D eigenvalue weighted by atomic mass is 9.98. The maximum Gasteiger partial charge on any atom is 0.0708 e. The molecule has 2 nitrogen and oxygen atoms in total. The molecule has 0 radical (unpaired) electrons. The number of piperidine rings is 1. The number of para-hydroxylation sites is 1. The highest BCUT2D eigenvalue weighted by atomic mass is 79.9. The van der Waals surface area contributed by atoms with Crippen LogP contribution in [-0.2, 0) is 6.54 Å². The zero-order valence-corrected chi connectivity index (χ0v) is 13.6. The van der Waals surface area contributed by atoms with Crippen molar-refractivity contribution in [1.82, 2.24) is 9.88 Å². The van der Waals surface area contributed by atoms with E-state index in [0.717, 1.165) is 29.0 Å². The van der Waals surface area contributed by atoms with Crippen molar-refractivity contribution in [1.29, 1.82) is 0 Å². The highest BCUT2D eigenvalue weighted by Gasteiger charge is 2.18. The lowest BCUT2D eigenvalue weighted by Gasteiger charge is -2.31. The van der Waals surface area contributed by atoms with Crippen molar-refractivity contribution in [3.8, 4) is 0 Å². The summed E-state index contributed by atoms with van der Waals surface area (Å²) >= 11 is 3.61. The summed E-state index contributed by atoms with van der Waals surface area (Å²) in [6.07, 6.45) is 2.63. The Kier molecular flexibility index (Phi) is 4.37. The van der Waals surface area contributed by atoms with Crippen LogP contribution in [0, 0.1) is 12.8 Å². The smallest absolute Gasteiger partial charge is 0.0708 e. The average Bonchev–Trinajstić information content (AvgIpc) is 2.48. The highest BCUT2D eigenvalue weighted by Crippen LogP contribution is 2.24. The Morgan fingerprint density at radius 3 is 2.75 bits per heavy atom. The minimum absolute atomic E-state index is 0.863. The molecule has 1 saturated heterocycles. The molecule has 0 aliphatic carbocycles. The van der Waals surface area contributed by atoms with Crippen LogP contribution >= 0.6 is 15.9 Å². The molecular formula is C17H21BrN2. The van der Waals surface area contributed by atoms with Gasteiger partial charge in [0.1, 0.15) is 0 Å². The van der Waals surface area contributed by atoms with E-state index in [9.17, 15) is 0 Å². The van der Waals surface area contributed by atoms with Crippen molar-refractivity contribution in [2.24, 2.45) is 5.92 Å². The van der Waals surface area contributed by atoms with Crippen LogP contribution in [0.25, 0.3) is 10.9 Å². The molecule has 0 spiro atoms. The van der Waals surface area contributed by atoms with Crippen molar-refractivity contribution < 1.29 is 0 Å². The number of fused-ring (bicyclic) bond motifs is 1. The minimum Gasteiger partial charge on any atom is -0.299 e. The summed E-state index contributed by atoms with van der Waals surface area (Å²) < 4.78 is 0. The molecule has 0 saturated carbocycles. The third-order valence-corrected chi connectivity index (χ3v) is 5.16. The van der Waals surface area contributed by atoms with Gasteiger partial charge in [0.2, 0.25) is 0 Å². The minimum atomic E-state index is 0.863. The van der Waals surface area contributed by atoms with Gasteiger partial charge in [-0.15, -0.1) is 0 Å². The van der Waals surface area contributed by atoms with Gasteiger partial charge in [-0.1, -0.05) is 34.1 Å². The van der Waals surface area contributed by atoms with Crippen molar-refractivity contribution in [3.63, 3.8) is 0 Å². The number of likely N-dealkylation sites (tertiary alicyclic amines) is 1. The van der Waals surface area contributed by atoms with Crippen LogP contribution in [0.5, 0.6) is 0 Å². The number of aromatic nitrogens is 1. The van der Waals surface area contributed by atoms with E-state index in [0.29, 0.717) is 0 Å². The normalized spacial score (nSPS) is 17.7. The second-order valence-electron chi connectivity index (χ2n) is 5.81. The molecule has 3 heteroatoms. The highest BCUT2D eigenvalue weighted by molar-refractivity contribution is 9.09. The molecule has 3 rings (SSSR count). The quantitative estimate of drug-likeness (QED) is 0.785. The summed E-state index contributed by atoms with van der Waals surface area (Å²) in [7, 11) is 0. The monoisotopic (exact) mass is 332 g/mol. The molecule has 1 fully saturated rings. The Hall–Kier alpha value is -0.930. The molecule has 2 heterocycles. The number of rotatable bonds is 3. The lowest BCUT2D eigenvalue weighted by molar-refractivity contribution is 0.188. The second-order valence-corrected chi connectivity index (χ2v) is 6.46. The number of halogens is 1. The molecule has 1 aromatic heterocycles. The number of aryl methyl sites for hydroxylation is 1. The first-order valence-corrected chi connectivity index (χ1v) is 8.52. The van der Waals surface area contributed by atoms with Crippen molar-refractivity contribution in [3.05, 3.63) is 41.6 Å². The third-order valence-electron chi connectivity index (χ3n) is 4.25. The van der Waals surface area contributed by atoms with Gasteiger partial charge in [-0.05, 0) is 56.5 Å². The summed E-state index contributed by atoms with van der Waals surface area (Å²) in [6, 6.07) is 10.7. The molecule has 20 heavy (non-hydrogen) atoms. The van der Waals surface area contributed by atoms with Crippen LogP contribution in [0.1, 0.15) is 24.1 Å². The van der Waals surface area contributed by atoms with Gasteiger partial charge >= 0.3 is 0 Å².